The minimum atomic E-state index is -4.87. The number of aromatic nitrogens is 3. The molecule has 0 aliphatic carbocycles. The number of benzene rings is 1. The molecule has 10 nitrogen and oxygen atoms in total. The number of piperidine rings is 1. The van der Waals surface area contributed by atoms with Crippen molar-refractivity contribution in [2.45, 2.75) is 32.1 Å². The smallest absolute Gasteiger partial charge is 0.419 e. The fourth-order valence-electron chi connectivity index (χ4n) is 5.08. The lowest BCUT2D eigenvalue weighted by Crippen LogP contribution is -2.39. The molecule has 1 aliphatic heterocycles. The number of carbonyl (C=O) groups excluding carboxylic acids is 1. The molecular weight excluding hydrogens is 614 g/mol. The van der Waals surface area contributed by atoms with Gasteiger partial charge in [-0.05, 0) is 35.9 Å². The molecule has 0 atom stereocenters. The summed E-state index contributed by atoms with van der Waals surface area (Å²) in [5.74, 6) is -3.44. The summed E-state index contributed by atoms with van der Waals surface area (Å²) >= 11 is 2.19. The normalized spacial score (nSPS) is 15.4. The quantitative estimate of drug-likeness (QED) is 0.323. The Labute approximate surface area is 248 Å². The van der Waals surface area contributed by atoms with Gasteiger partial charge in [0.1, 0.15) is 10.6 Å². The number of thiazole rings is 1. The Morgan fingerprint density at radius 1 is 1.07 bits per heavy atom. The lowest BCUT2D eigenvalue weighted by molar-refractivity contribution is -0.143. The molecule has 1 N–H and O–H groups in total. The highest BCUT2D eigenvalue weighted by molar-refractivity contribution is 7.17. The van der Waals surface area contributed by atoms with Gasteiger partial charge in [-0.1, -0.05) is 6.07 Å². The van der Waals surface area contributed by atoms with Crippen molar-refractivity contribution in [3.63, 3.8) is 0 Å². The van der Waals surface area contributed by atoms with E-state index in [4.69, 9.17) is 0 Å². The maximum Gasteiger partial charge on any atom is 0.419 e. The monoisotopic (exact) mass is 639 g/mol. The fourth-order valence-corrected chi connectivity index (χ4v) is 7.02. The number of thiophene rings is 1. The second-order valence-corrected chi connectivity index (χ2v) is 11.9. The third-order valence-electron chi connectivity index (χ3n) is 7.45. The molecule has 1 amide bonds. The van der Waals surface area contributed by atoms with E-state index < -0.39 is 46.6 Å². The zero-order valence-corrected chi connectivity index (χ0v) is 24.5. The van der Waals surface area contributed by atoms with Crippen molar-refractivity contribution in [1.82, 2.24) is 18.6 Å². The van der Waals surface area contributed by atoms with Crippen LogP contribution in [0.25, 0.3) is 21.5 Å². The molecule has 4 aromatic rings. The minimum Gasteiger partial charge on any atom is -0.481 e. The molecule has 0 unspecified atom stereocenters. The number of hydrogen-bond donors (Lipinski definition) is 1. The number of carboxylic acid groups (broad SMARTS) is 1. The van der Waals surface area contributed by atoms with Crippen LogP contribution in [0.3, 0.4) is 0 Å². The molecule has 16 heteroatoms. The zero-order valence-electron chi connectivity index (χ0n) is 22.9. The van der Waals surface area contributed by atoms with E-state index in [1.165, 1.54) is 18.7 Å². The van der Waals surface area contributed by atoms with Crippen LogP contribution in [0.2, 0.25) is 0 Å². The van der Waals surface area contributed by atoms with Crippen LogP contribution < -0.4 is 16.1 Å². The van der Waals surface area contributed by atoms with Gasteiger partial charge in [-0.25, -0.2) is 9.18 Å². The van der Waals surface area contributed by atoms with E-state index in [1.54, 1.807) is 15.3 Å². The number of likely N-dealkylation sites (tertiary alicyclic amines) is 1. The number of alkyl halides is 3. The minimum absolute atomic E-state index is 0.129. The van der Waals surface area contributed by atoms with Crippen LogP contribution in [0.5, 0.6) is 0 Å². The summed E-state index contributed by atoms with van der Waals surface area (Å²) in [7, 11) is 2.87. The van der Waals surface area contributed by atoms with E-state index in [0.29, 0.717) is 48.1 Å². The highest BCUT2D eigenvalue weighted by atomic mass is 32.1. The molecule has 0 radical (unpaired) electrons. The van der Waals surface area contributed by atoms with Gasteiger partial charge in [0.25, 0.3) is 11.5 Å². The molecule has 0 spiro atoms. The van der Waals surface area contributed by atoms with Gasteiger partial charge in [0.05, 0.1) is 35.7 Å². The fraction of sp³-hybridized carbons (Fsp3) is 0.370. The van der Waals surface area contributed by atoms with Crippen molar-refractivity contribution in [1.29, 1.82) is 0 Å². The average molecular weight is 640 g/mol. The van der Waals surface area contributed by atoms with Crippen molar-refractivity contribution in [2.75, 3.05) is 13.1 Å². The number of halogens is 4. The van der Waals surface area contributed by atoms with Crippen LogP contribution in [0, 0.1) is 11.7 Å². The summed E-state index contributed by atoms with van der Waals surface area (Å²) in [6, 6.07) is 2.58. The van der Waals surface area contributed by atoms with E-state index in [2.05, 4.69) is 4.99 Å². The molecule has 1 fully saturated rings. The van der Waals surface area contributed by atoms with E-state index in [-0.39, 0.29) is 28.8 Å². The number of hydrogen-bond acceptors (Lipinski definition) is 7. The van der Waals surface area contributed by atoms with Crippen molar-refractivity contribution < 1.29 is 32.3 Å². The van der Waals surface area contributed by atoms with Crippen molar-refractivity contribution in [2.24, 2.45) is 25.0 Å². The summed E-state index contributed by atoms with van der Waals surface area (Å²) in [6.07, 6.45) is -4.34. The van der Waals surface area contributed by atoms with E-state index in [0.717, 1.165) is 39.4 Å². The molecule has 3 aromatic heterocycles. The second kappa shape index (κ2) is 11.7. The number of amides is 1. The van der Waals surface area contributed by atoms with Crippen molar-refractivity contribution >= 4 is 44.8 Å². The second-order valence-electron chi connectivity index (χ2n) is 10.2. The maximum absolute atomic E-state index is 14.5. The molecule has 4 heterocycles. The number of nitrogens with zero attached hydrogens (tertiary/aromatic N) is 5. The number of aliphatic carboxylic acids is 1. The van der Waals surface area contributed by atoms with Gasteiger partial charge in [-0.2, -0.15) is 18.2 Å². The van der Waals surface area contributed by atoms with Crippen molar-refractivity contribution in [3.8, 4) is 11.3 Å². The molecule has 1 saturated heterocycles. The third kappa shape index (κ3) is 5.99. The van der Waals surface area contributed by atoms with Crippen LogP contribution in [-0.2, 0) is 43.0 Å². The molecule has 43 heavy (non-hydrogen) atoms. The Morgan fingerprint density at radius 3 is 2.40 bits per heavy atom. The highest BCUT2D eigenvalue weighted by Crippen LogP contribution is 2.34. The number of rotatable bonds is 6. The molecule has 0 saturated carbocycles. The highest BCUT2D eigenvalue weighted by Gasteiger charge is 2.34. The van der Waals surface area contributed by atoms with Crippen LogP contribution in [0.1, 0.15) is 24.0 Å². The van der Waals surface area contributed by atoms with E-state index in [1.807, 2.05) is 4.90 Å². The Bertz CT molecular complexity index is 1930. The van der Waals surface area contributed by atoms with Crippen LogP contribution in [0.4, 0.5) is 17.6 Å². The van der Waals surface area contributed by atoms with Gasteiger partial charge in [-0.15, -0.1) is 22.7 Å². The number of carboxylic acids is 1. The standard InChI is InChI=1S/C27H25F4N5O5S2/c1-33-22(38)21-16(11-42-23(21)34(2)26(33)41)10-20(37)32-25-36(13-35-7-5-14(6-8-35)24(39)40)19(12-43-25)15-3-4-17(18(28)9-15)27(29,30)31/h3-4,9,11-12,14H,5-8,10,13H2,1-2H3,(H,39,40)/b32-25-. The van der Waals surface area contributed by atoms with Gasteiger partial charge in [0.15, 0.2) is 4.80 Å². The average Bonchev–Trinajstić information content (AvgIpc) is 3.54. The summed E-state index contributed by atoms with van der Waals surface area (Å²) in [6.45, 7) is 0.956. The first kappa shape index (κ1) is 30.6. The lowest BCUT2D eigenvalue weighted by Gasteiger charge is -2.30. The zero-order chi connectivity index (χ0) is 31.2. The summed E-state index contributed by atoms with van der Waals surface area (Å²) in [4.78, 5) is 56.4. The summed E-state index contributed by atoms with van der Waals surface area (Å²) in [5, 5.41) is 12.7. The first-order valence-corrected chi connectivity index (χ1v) is 14.8. The molecule has 228 valence electrons. The SMILES string of the molecule is Cn1c(=O)c2c(CC(=O)/N=c3\scc(-c4ccc(C(F)(F)F)c(F)c4)n3CN3CCC(C(=O)O)CC3)csc2n(C)c1=O. The Hall–Kier alpha value is -3.89. The third-order valence-corrected chi connectivity index (χ3v) is 9.42. The molecular formula is C27H25F4N5O5S2. The first-order chi connectivity index (χ1) is 20.3. The Kier molecular flexibility index (Phi) is 8.28. The Balaban J connectivity index is 1.52. The van der Waals surface area contributed by atoms with Crippen LogP contribution >= 0.6 is 22.7 Å². The summed E-state index contributed by atoms with van der Waals surface area (Å²) in [5.41, 5.74) is -1.57. The van der Waals surface area contributed by atoms with Gasteiger partial charge in [0, 0.05) is 38.1 Å². The summed E-state index contributed by atoms with van der Waals surface area (Å²) < 4.78 is 57.9. The molecule has 1 aliphatic rings. The van der Waals surface area contributed by atoms with Crippen molar-refractivity contribution in [3.05, 3.63) is 71.5 Å². The first-order valence-electron chi connectivity index (χ1n) is 13.0. The van der Waals surface area contributed by atoms with Gasteiger partial charge >= 0.3 is 17.8 Å². The number of carbonyl (C=O) groups is 2. The predicted molar refractivity (Wildman–Crippen MR) is 151 cm³/mol. The van der Waals surface area contributed by atoms with Gasteiger partial charge in [0.2, 0.25) is 0 Å². The number of fused-ring (bicyclic) bond motifs is 1. The molecule has 1 aromatic carbocycles. The van der Waals surface area contributed by atoms with E-state index in [9.17, 15) is 41.8 Å². The molecule has 0 bridgehead atoms. The van der Waals surface area contributed by atoms with Crippen LogP contribution in [-0.4, -0.2) is 48.7 Å². The van der Waals surface area contributed by atoms with Crippen LogP contribution in [0.15, 0.2) is 43.5 Å². The maximum atomic E-state index is 14.5. The lowest BCUT2D eigenvalue weighted by atomic mass is 9.97. The van der Waals surface area contributed by atoms with E-state index >= 15 is 0 Å². The topological polar surface area (TPSA) is 119 Å². The molecule has 5 rings (SSSR count). The number of aryl methyl sites for hydroxylation is 1. The predicted octanol–water partition coefficient (Wildman–Crippen LogP) is 3.41. The Morgan fingerprint density at radius 2 is 1.77 bits per heavy atom. The van der Waals surface area contributed by atoms with Gasteiger partial charge < -0.3 is 9.67 Å². The van der Waals surface area contributed by atoms with Gasteiger partial charge in [-0.3, -0.25) is 28.4 Å². The largest absolute Gasteiger partial charge is 0.481 e.